The second-order valence-electron chi connectivity index (χ2n) is 6.51. The summed E-state index contributed by atoms with van der Waals surface area (Å²) in [4.78, 5) is 20.5. The maximum atomic E-state index is 11.0. The molecule has 1 heterocycles. The largest absolute Gasteiger partial charge is 0.454 e. The molecular weight excluding hydrogens is 412 g/mol. The third kappa shape index (κ3) is 4.66. The van der Waals surface area contributed by atoms with Crippen LogP contribution in [-0.2, 0) is 0 Å². The fraction of sp³-hybridized carbons (Fsp3) is 0.143. The molecule has 4 rings (SSSR count). The molecule has 0 N–H and O–H groups in total. The zero-order valence-electron chi connectivity index (χ0n) is 16.1. The number of hydrogen-bond acceptors (Lipinski definition) is 6. The fourth-order valence-corrected chi connectivity index (χ4v) is 3.01. The van der Waals surface area contributed by atoms with Crippen LogP contribution in [0.2, 0.25) is 5.02 Å². The monoisotopic (exact) mass is 428 g/mol. The summed E-state index contributed by atoms with van der Waals surface area (Å²) in [5.74, 6) is 1.37. The number of hydrogen-bond donors (Lipinski definition) is 0. The molecule has 0 saturated carbocycles. The highest BCUT2D eigenvalue weighted by molar-refractivity contribution is 6.30. The van der Waals surface area contributed by atoms with Crippen LogP contribution < -0.4 is 9.47 Å². The molecule has 30 heavy (non-hydrogen) atoms. The molecule has 3 aromatic rings. The van der Waals surface area contributed by atoms with Crippen molar-refractivity contribution in [3.63, 3.8) is 0 Å². The molecule has 1 aliphatic rings. The highest BCUT2D eigenvalue weighted by Gasteiger charge is 2.16. The van der Waals surface area contributed by atoms with E-state index in [9.17, 15) is 20.2 Å². The van der Waals surface area contributed by atoms with Crippen LogP contribution in [0, 0.1) is 34.1 Å². The lowest BCUT2D eigenvalue weighted by atomic mass is 10.0. The van der Waals surface area contributed by atoms with Crippen LogP contribution in [0.15, 0.2) is 54.6 Å². The molecule has 0 spiro atoms. The fourth-order valence-electron chi connectivity index (χ4n) is 2.84. The molecule has 3 aromatic carbocycles. The molecule has 0 aromatic heterocycles. The van der Waals surface area contributed by atoms with Gasteiger partial charge in [-0.25, -0.2) is 0 Å². The molecule has 154 valence electrons. The van der Waals surface area contributed by atoms with Gasteiger partial charge in [0.25, 0.3) is 11.4 Å². The average molecular weight is 429 g/mol. The highest BCUT2D eigenvalue weighted by Crippen LogP contribution is 2.37. The first-order valence-electron chi connectivity index (χ1n) is 8.82. The number of aryl methyl sites for hydroxylation is 2. The van der Waals surface area contributed by atoms with Gasteiger partial charge < -0.3 is 9.47 Å². The number of rotatable bonds is 3. The molecule has 0 aliphatic carbocycles. The predicted octanol–water partition coefficient (Wildman–Crippen LogP) is 5.86. The Labute approximate surface area is 176 Å². The summed E-state index contributed by atoms with van der Waals surface area (Å²) in [5.41, 5.74) is 3.12. The van der Waals surface area contributed by atoms with Crippen LogP contribution in [0.4, 0.5) is 11.4 Å². The lowest BCUT2D eigenvalue weighted by Crippen LogP contribution is -1.93. The summed E-state index contributed by atoms with van der Waals surface area (Å²) in [7, 11) is 0. The first-order valence-corrected chi connectivity index (χ1v) is 9.19. The molecular formula is C21H17ClN2O6. The Morgan fingerprint density at radius 2 is 1.30 bits per heavy atom. The van der Waals surface area contributed by atoms with Gasteiger partial charge in [0.15, 0.2) is 11.5 Å². The number of halogens is 1. The molecule has 0 saturated heterocycles. The van der Waals surface area contributed by atoms with Crippen molar-refractivity contribution in [2.45, 2.75) is 13.8 Å². The Kier molecular flexibility index (Phi) is 6.17. The standard InChI is InChI=1S/C14H11NO4.C7H6ClNO2/c1-9-2-3-10(6-12(9)15(16)17)11-4-5-13-14(7-11)19-8-18-13;1-5-2-3-6(8)4-7(5)9(10)11/h2-7H,8H2,1H3;2-4H,1H3. The zero-order chi connectivity index (χ0) is 21.8. The first kappa shape index (κ1) is 21.1. The summed E-state index contributed by atoms with van der Waals surface area (Å²) >= 11 is 5.56. The average Bonchev–Trinajstić information content (AvgIpc) is 3.18. The van der Waals surface area contributed by atoms with Crippen molar-refractivity contribution in [3.05, 3.63) is 91.0 Å². The van der Waals surface area contributed by atoms with Gasteiger partial charge in [0.05, 0.1) is 9.85 Å². The van der Waals surface area contributed by atoms with Crippen LogP contribution in [0.3, 0.4) is 0 Å². The van der Waals surface area contributed by atoms with E-state index >= 15 is 0 Å². The number of ether oxygens (including phenoxy) is 2. The normalized spacial score (nSPS) is 11.4. The zero-order valence-corrected chi connectivity index (χ0v) is 16.9. The molecule has 0 bridgehead atoms. The van der Waals surface area contributed by atoms with E-state index in [1.807, 2.05) is 24.3 Å². The number of nitro benzene ring substituents is 2. The highest BCUT2D eigenvalue weighted by atomic mass is 35.5. The predicted molar refractivity (Wildman–Crippen MR) is 112 cm³/mol. The summed E-state index contributed by atoms with van der Waals surface area (Å²) in [6.07, 6.45) is 0. The van der Waals surface area contributed by atoms with Crippen molar-refractivity contribution in [2.24, 2.45) is 0 Å². The summed E-state index contributed by atoms with van der Waals surface area (Å²) in [6.45, 7) is 3.61. The number of nitro groups is 2. The van der Waals surface area contributed by atoms with Gasteiger partial charge in [-0.3, -0.25) is 20.2 Å². The Morgan fingerprint density at radius 1 is 0.767 bits per heavy atom. The van der Waals surface area contributed by atoms with Crippen LogP contribution in [0.5, 0.6) is 11.5 Å². The minimum Gasteiger partial charge on any atom is -0.454 e. The Hall–Kier alpha value is -3.65. The van der Waals surface area contributed by atoms with Crippen LogP contribution in [0.1, 0.15) is 11.1 Å². The Morgan fingerprint density at radius 3 is 1.93 bits per heavy atom. The van der Waals surface area contributed by atoms with Gasteiger partial charge in [0.2, 0.25) is 6.79 Å². The Balaban J connectivity index is 0.000000199. The van der Waals surface area contributed by atoms with Gasteiger partial charge in [0.1, 0.15) is 0 Å². The van der Waals surface area contributed by atoms with Crippen molar-refractivity contribution >= 4 is 23.0 Å². The van der Waals surface area contributed by atoms with Crippen molar-refractivity contribution in [2.75, 3.05) is 6.79 Å². The first-order chi connectivity index (χ1) is 14.3. The minimum absolute atomic E-state index is 0.0671. The summed E-state index contributed by atoms with van der Waals surface area (Å²) in [6, 6.07) is 15.3. The molecule has 0 amide bonds. The van der Waals surface area contributed by atoms with E-state index in [1.165, 1.54) is 6.07 Å². The van der Waals surface area contributed by atoms with Crippen molar-refractivity contribution < 1.29 is 19.3 Å². The third-order valence-electron chi connectivity index (χ3n) is 4.48. The van der Waals surface area contributed by atoms with E-state index in [4.69, 9.17) is 21.1 Å². The SMILES string of the molecule is Cc1ccc(-c2ccc3c(c2)OCO3)cc1[N+](=O)[O-].Cc1ccc(Cl)cc1[N+](=O)[O-]. The van der Waals surface area contributed by atoms with Gasteiger partial charge in [0, 0.05) is 28.3 Å². The minimum atomic E-state index is -0.443. The van der Waals surface area contributed by atoms with E-state index in [-0.39, 0.29) is 23.1 Å². The van der Waals surface area contributed by atoms with Gasteiger partial charge in [-0.15, -0.1) is 0 Å². The van der Waals surface area contributed by atoms with Crippen LogP contribution in [-0.4, -0.2) is 16.6 Å². The van der Waals surface area contributed by atoms with Gasteiger partial charge in [-0.1, -0.05) is 35.9 Å². The lowest BCUT2D eigenvalue weighted by Gasteiger charge is -2.05. The lowest BCUT2D eigenvalue weighted by molar-refractivity contribution is -0.385. The molecule has 8 nitrogen and oxygen atoms in total. The summed E-state index contributed by atoms with van der Waals surface area (Å²) in [5, 5.41) is 21.7. The molecule has 1 aliphatic heterocycles. The van der Waals surface area contributed by atoms with Crippen LogP contribution in [0.25, 0.3) is 11.1 Å². The third-order valence-corrected chi connectivity index (χ3v) is 4.71. The van der Waals surface area contributed by atoms with Crippen LogP contribution >= 0.6 is 11.6 Å². The van der Waals surface area contributed by atoms with E-state index in [1.54, 1.807) is 38.1 Å². The van der Waals surface area contributed by atoms with E-state index < -0.39 is 4.92 Å². The van der Waals surface area contributed by atoms with Crippen molar-refractivity contribution in [3.8, 4) is 22.6 Å². The quantitative estimate of drug-likeness (QED) is 0.382. The van der Waals surface area contributed by atoms with Crippen molar-refractivity contribution in [1.29, 1.82) is 0 Å². The second-order valence-corrected chi connectivity index (χ2v) is 6.95. The van der Waals surface area contributed by atoms with Gasteiger partial charge in [-0.2, -0.15) is 0 Å². The molecule has 9 heteroatoms. The van der Waals surface area contributed by atoms with Gasteiger partial charge >= 0.3 is 0 Å². The maximum Gasteiger partial charge on any atom is 0.273 e. The second kappa shape index (κ2) is 8.79. The van der Waals surface area contributed by atoms with Gasteiger partial charge in [-0.05, 0) is 43.2 Å². The smallest absolute Gasteiger partial charge is 0.273 e. The van der Waals surface area contributed by atoms with E-state index in [2.05, 4.69) is 0 Å². The number of fused-ring (bicyclic) bond motifs is 1. The molecule has 0 atom stereocenters. The maximum absolute atomic E-state index is 11.0. The number of benzene rings is 3. The van der Waals surface area contributed by atoms with Crippen molar-refractivity contribution in [1.82, 2.24) is 0 Å². The molecule has 0 fully saturated rings. The molecule has 0 radical (unpaired) electrons. The number of nitrogens with zero attached hydrogens (tertiary/aromatic N) is 2. The molecule has 0 unspecified atom stereocenters. The topological polar surface area (TPSA) is 105 Å². The Bertz CT molecular complexity index is 1130. The summed E-state index contributed by atoms with van der Waals surface area (Å²) < 4.78 is 10.5. The van der Waals surface area contributed by atoms with E-state index in [0.717, 1.165) is 11.1 Å². The van der Waals surface area contributed by atoms with E-state index in [0.29, 0.717) is 27.6 Å².